The molecular weight excluding hydrogens is 460 g/mol. The first-order chi connectivity index (χ1) is 15.7. The molecule has 0 aromatic heterocycles. The summed E-state index contributed by atoms with van der Waals surface area (Å²) in [4.78, 5) is 12.9. The molecule has 0 aliphatic heterocycles. The summed E-state index contributed by atoms with van der Waals surface area (Å²) in [6.45, 7) is 6.00. The molecule has 0 heterocycles. The van der Waals surface area contributed by atoms with Gasteiger partial charge in [0.1, 0.15) is 12.3 Å². The van der Waals surface area contributed by atoms with Gasteiger partial charge in [0, 0.05) is 11.6 Å². The zero-order valence-electron chi connectivity index (χ0n) is 18.8. The summed E-state index contributed by atoms with van der Waals surface area (Å²) in [5.41, 5.74) is 2.91. The topological polar surface area (TPSA) is 75.7 Å². The molecule has 0 atom stereocenters. The van der Waals surface area contributed by atoms with Crippen LogP contribution in [0.15, 0.2) is 71.6 Å². The standard InChI is InChI=1S/C25H27ClN2O4S/c1-4-32-22-7-5-6-20(14-22)16-27-25(29)17-28(21-11-10-19(3)24(26)15-21)33(30,31)23-12-8-18(2)9-13-23/h5-15H,4,16-17H2,1-3H3,(H,27,29). The molecule has 0 aliphatic rings. The van der Waals surface area contributed by atoms with Crippen LogP contribution in [0.1, 0.15) is 23.6 Å². The second-order valence-electron chi connectivity index (χ2n) is 7.62. The molecule has 0 unspecified atom stereocenters. The number of benzene rings is 3. The normalized spacial score (nSPS) is 11.2. The van der Waals surface area contributed by atoms with Gasteiger partial charge in [0.15, 0.2) is 0 Å². The van der Waals surface area contributed by atoms with Crippen molar-refractivity contribution in [1.82, 2.24) is 5.32 Å². The molecule has 0 spiro atoms. The van der Waals surface area contributed by atoms with Crippen LogP contribution in [-0.2, 0) is 21.4 Å². The maximum Gasteiger partial charge on any atom is 0.264 e. The lowest BCUT2D eigenvalue weighted by Crippen LogP contribution is -2.40. The number of nitrogens with zero attached hydrogens (tertiary/aromatic N) is 1. The monoisotopic (exact) mass is 486 g/mol. The summed E-state index contributed by atoms with van der Waals surface area (Å²) in [5.74, 6) is 0.270. The van der Waals surface area contributed by atoms with E-state index in [1.165, 1.54) is 12.1 Å². The highest BCUT2D eigenvalue weighted by Gasteiger charge is 2.27. The first-order valence-electron chi connectivity index (χ1n) is 10.5. The summed E-state index contributed by atoms with van der Waals surface area (Å²) >= 11 is 6.26. The molecule has 0 fully saturated rings. The van der Waals surface area contributed by atoms with E-state index in [0.29, 0.717) is 23.1 Å². The van der Waals surface area contributed by atoms with Crippen LogP contribution in [0, 0.1) is 13.8 Å². The second-order valence-corrected chi connectivity index (χ2v) is 9.88. The Balaban J connectivity index is 1.85. The largest absolute Gasteiger partial charge is 0.494 e. The maximum absolute atomic E-state index is 13.5. The molecule has 8 heteroatoms. The van der Waals surface area contributed by atoms with Gasteiger partial charge in [-0.3, -0.25) is 9.10 Å². The Morgan fingerprint density at radius 3 is 2.42 bits per heavy atom. The lowest BCUT2D eigenvalue weighted by molar-refractivity contribution is -0.119. The molecule has 0 saturated heterocycles. The number of hydrogen-bond acceptors (Lipinski definition) is 4. The van der Waals surface area contributed by atoms with E-state index in [2.05, 4.69) is 5.32 Å². The summed E-state index contributed by atoms with van der Waals surface area (Å²) in [5, 5.41) is 3.21. The third kappa shape index (κ3) is 6.27. The van der Waals surface area contributed by atoms with Crippen molar-refractivity contribution in [2.45, 2.75) is 32.2 Å². The minimum atomic E-state index is -4.00. The molecule has 1 amide bonds. The molecular formula is C25H27ClN2O4S. The van der Waals surface area contributed by atoms with Gasteiger partial charge in [-0.1, -0.05) is 47.5 Å². The van der Waals surface area contributed by atoms with Gasteiger partial charge < -0.3 is 10.1 Å². The number of sulfonamides is 1. The summed E-state index contributed by atoms with van der Waals surface area (Å²) in [7, 11) is -4.00. The van der Waals surface area contributed by atoms with Crippen molar-refractivity contribution in [1.29, 1.82) is 0 Å². The van der Waals surface area contributed by atoms with Crippen molar-refractivity contribution < 1.29 is 17.9 Å². The maximum atomic E-state index is 13.5. The number of anilines is 1. The first kappa shape index (κ1) is 24.6. The summed E-state index contributed by atoms with van der Waals surface area (Å²) in [6.07, 6.45) is 0. The van der Waals surface area contributed by atoms with E-state index in [9.17, 15) is 13.2 Å². The molecule has 0 radical (unpaired) electrons. The fourth-order valence-electron chi connectivity index (χ4n) is 3.19. The zero-order chi connectivity index (χ0) is 24.0. The number of rotatable bonds is 9. The van der Waals surface area contributed by atoms with Crippen LogP contribution in [0.2, 0.25) is 5.02 Å². The van der Waals surface area contributed by atoms with Gasteiger partial charge >= 0.3 is 0 Å². The van der Waals surface area contributed by atoms with Crippen LogP contribution in [0.5, 0.6) is 5.75 Å². The Hall–Kier alpha value is -3.03. The van der Waals surface area contributed by atoms with E-state index < -0.39 is 15.9 Å². The molecule has 174 valence electrons. The predicted molar refractivity (Wildman–Crippen MR) is 131 cm³/mol. The Kier molecular flexibility index (Phi) is 8.00. The van der Waals surface area contributed by atoms with E-state index in [1.807, 2.05) is 45.0 Å². The number of amides is 1. The Morgan fingerprint density at radius 2 is 1.76 bits per heavy atom. The molecule has 0 aliphatic carbocycles. The molecule has 0 saturated carbocycles. The van der Waals surface area contributed by atoms with Crippen LogP contribution in [0.4, 0.5) is 5.69 Å². The number of carbonyl (C=O) groups excluding carboxylic acids is 1. The van der Waals surface area contributed by atoms with Crippen molar-refractivity contribution in [2.24, 2.45) is 0 Å². The average molecular weight is 487 g/mol. The van der Waals surface area contributed by atoms with Gasteiger partial charge in [-0.15, -0.1) is 0 Å². The van der Waals surface area contributed by atoms with Crippen LogP contribution < -0.4 is 14.4 Å². The van der Waals surface area contributed by atoms with Gasteiger partial charge in [-0.25, -0.2) is 8.42 Å². The third-order valence-electron chi connectivity index (χ3n) is 5.04. The Labute approximate surface area is 200 Å². The Bertz CT molecular complexity index is 1230. The van der Waals surface area contributed by atoms with Gasteiger partial charge in [-0.05, 0) is 68.3 Å². The molecule has 3 rings (SSSR count). The zero-order valence-corrected chi connectivity index (χ0v) is 20.4. The van der Waals surface area contributed by atoms with Crippen LogP contribution in [0.25, 0.3) is 0 Å². The highest BCUT2D eigenvalue weighted by atomic mass is 35.5. The Morgan fingerprint density at radius 1 is 1.03 bits per heavy atom. The predicted octanol–water partition coefficient (Wildman–Crippen LogP) is 4.87. The lowest BCUT2D eigenvalue weighted by Gasteiger charge is -2.24. The molecule has 33 heavy (non-hydrogen) atoms. The number of ether oxygens (including phenoxy) is 1. The summed E-state index contributed by atoms with van der Waals surface area (Å²) in [6, 6.07) is 18.8. The number of nitrogens with one attached hydrogen (secondary N) is 1. The number of aryl methyl sites for hydroxylation is 2. The number of hydrogen-bond donors (Lipinski definition) is 1. The summed E-state index contributed by atoms with van der Waals surface area (Å²) < 4.78 is 33.5. The molecule has 3 aromatic rings. The van der Waals surface area contributed by atoms with Crippen molar-refractivity contribution >= 4 is 33.2 Å². The van der Waals surface area contributed by atoms with Crippen molar-refractivity contribution in [3.05, 3.63) is 88.4 Å². The van der Waals surface area contributed by atoms with Gasteiger partial charge in [0.2, 0.25) is 5.91 Å². The smallest absolute Gasteiger partial charge is 0.264 e. The number of halogens is 1. The van der Waals surface area contributed by atoms with Gasteiger partial charge in [0.25, 0.3) is 10.0 Å². The van der Waals surface area contributed by atoms with E-state index in [4.69, 9.17) is 16.3 Å². The van der Waals surface area contributed by atoms with Crippen molar-refractivity contribution in [3.8, 4) is 5.75 Å². The fraction of sp³-hybridized carbons (Fsp3) is 0.240. The SMILES string of the molecule is CCOc1cccc(CNC(=O)CN(c2ccc(C)c(Cl)c2)S(=O)(=O)c2ccc(C)cc2)c1. The minimum absolute atomic E-state index is 0.0991. The minimum Gasteiger partial charge on any atom is -0.494 e. The van der Waals surface area contributed by atoms with E-state index in [-0.39, 0.29) is 18.0 Å². The quantitative estimate of drug-likeness (QED) is 0.468. The first-order valence-corrected chi connectivity index (χ1v) is 12.4. The van der Waals surface area contributed by atoms with Gasteiger partial charge in [0.05, 0.1) is 17.2 Å². The lowest BCUT2D eigenvalue weighted by atomic mass is 10.2. The highest BCUT2D eigenvalue weighted by Crippen LogP contribution is 2.28. The molecule has 3 aromatic carbocycles. The van der Waals surface area contributed by atoms with Gasteiger partial charge in [-0.2, -0.15) is 0 Å². The van der Waals surface area contributed by atoms with E-state index in [1.54, 1.807) is 30.3 Å². The fourth-order valence-corrected chi connectivity index (χ4v) is 4.78. The second kappa shape index (κ2) is 10.7. The number of carbonyl (C=O) groups is 1. The van der Waals surface area contributed by atoms with Crippen LogP contribution >= 0.6 is 11.6 Å². The molecule has 0 bridgehead atoms. The van der Waals surface area contributed by atoms with Crippen LogP contribution in [-0.4, -0.2) is 27.5 Å². The average Bonchev–Trinajstić information content (AvgIpc) is 2.79. The van der Waals surface area contributed by atoms with Crippen LogP contribution in [0.3, 0.4) is 0 Å². The van der Waals surface area contributed by atoms with Crippen molar-refractivity contribution in [2.75, 3.05) is 17.5 Å². The van der Waals surface area contributed by atoms with Crippen molar-refractivity contribution in [3.63, 3.8) is 0 Å². The van der Waals surface area contributed by atoms with E-state index >= 15 is 0 Å². The molecule has 6 nitrogen and oxygen atoms in total. The highest BCUT2D eigenvalue weighted by molar-refractivity contribution is 7.92. The van der Waals surface area contributed by atoms with E-state index in [0.717, 1.165) is 21.0 Å². The molecule has 1 N–H and O–H groups in total. The third-order valence-corrected chi connectivity index (χ3v) is 7.23.